The number of carbonyl (C=O) groups is 1. The third-order valence-electron chi connectivity index (χ3n) is 1.99. The fourth-order valence-electron chi connectivity index (χ4n) is 1.22. The highest BCUT2D eigenvalue weighted by molar-refractivity contribution is 6.34. The van der Waals surface area contributed by atoms with Crippen LogP contribution in [0, 0.1) is 0 Å². The highest BCUT2D eigenvalue weighted by Gasteiger charge is 2.19. The van der Waals surface area contributed by atoms with Gasteiger partial charge in [0.2, 0.25) is 0 Å². The second kappa shape index (κ2) is 5.97. The topological polar surface area (TPSA) is 46.5 Å². The zero-order chi connectivity index (χ0) is 12.1. The van der Waals surface area contributed by atoms with Crippen LogP contribution in [0.4, 0.5) is 0 Å². The van der Waals surface area contributed by atoms with Crippen LogP contribution in [0.1, 0.15) is 19.8 Å². The molecule has 0 spiro atoms. The monoisotopic (exact) mass is 262 g/mol. The van der Waals surface area contributed by atoms with Crippen molar-refractivity contribution in [1.29, 1.82) is 0 Å². The standard InChI is InChI=1S/C11H12Cl2O3/c1-2-3-9(11(14)15)16-10-6-7(12)4-5-8(10)13/h4-6,9H,2-3H2,1H3,(H,14,15). The number of benzene rings is 1. The van der Waals surface area contributed by atoms with Gasteiger partial charge < -0.3 is 9.84 Å². The molecule has 0 aliphatic heterocycles. The Kier molecular flexibility index (Phi) is 4.90. The Bertz CT molecular complexity index is 379. The highest BCUT2D eigenvalue weighted by atomic mass is 35.5. The van der Waals surface area contributed by atoms with Crippen LogP contribution in [-0.4, -0.2) is 17.2 Å². The number of hydrogen-bond acceptors (Lipinski definition) is 2. The molecule has 88 valence electrons. The van der Waals surface area contributed by atoms with Crippen molar-refractivity contribution in [3.05, 3.63) is 28.2 Å². The van der Waals surface area contributed by atoms with Gasteiger partial charge in [0.15, 0.2) is 6.10 Å². The minimum Gasteiger partial charge on any atom is -0.479 e. The van der Waals surface area contributed by atoms with E-state index in [9.17, 15) is 4.79 Å². The van der Waals surface area contributed by atoms with Crippen LogP contribution in [0.5, 0.6) is 5.75 Å². The molecule has 0 aromatic heterocycles. The summed E-state index contributed by atoms with van der Waals surface area (Å²) in [6.45, 7) is 1.89. The summed E-state index contributed by atoms with van der Waals surface area (Å²) in [5.41, 5.74) is 0. The molecule has 0 amide bonds. The molecule has 5 heteroatoms. The normalized spacial score (nSPS) is 12.2. The molecule has 3 nitrogen and oxygen atoms in total. The maximum Gasteiger partial charge on any atom is 0.344 e. The molecule has 1 aromatic rings. The number of carboxylic acid groups (broad SMARTS) is 1. The van der Waals surface area contributed by atoms with Crippen LogP contribution in [0.2, 0.25) is 10.0 Å². The van der Waals surface area contributed by atoms with Crippen molar-refractivity contribution in [2.45, 2.75) is 25.9 Å². The van der Waals surface area contributed by atoms with Crippen molar-refractivity contribution >= 4 is 29.2 Å². The van der Waals surface area contributed by atoms with Gasteiger partial charge >= 0.3 is 5.97 Å². The molecule has 0 saturated carbocycles. The lowest BCUT2D eigenvalue weighted by Gasteiger charge is -2.15. The molecule has 0 saturated heterocycles. The van der Waals surface area contributed by atoms with E-state index in [0.717, 1.165) is 6.42 Å². The number of halogens is 2. The lowest BCUT2D eigenvalue weighted by atomic mass is 10.2. The zero-order valence-corrected chi connectivity index (χ0v) is 10.3. The summed E-state index contributed by atoms with van der Waals surface area (Å²) < 4.78 is 5.31. The summed E-state index contributed by atoms with van der Waals surface area (Å²) in [6, 6.07) is 4.70. The average molecular weight is 263 g/mol. The van der Waals surface area contributed by atoms with E-state index in [1.54, 1.807) is 12.1 Å². The molecule has 0 bridgehead atoms. The molecule has 1 aromatic carbocycles. The molecule has 0 aliphatic carbocycles. The number of hydrogen-bond donors (Lipinski definition) is 1. The molecule has 0 heterocycles. The first-order valence-corrected chi connectivity index (χ1v) is 5.64. The molecule has 0 radical (unpaired) electrons. The highest BCUT2D eigenvalue weighted by Crippen LogP contribution is 2.29. The maximum atomic E-state index is 10.9. The molecule has 1 unspecified atom stereocenters. The van der Waals surface area contributed by atoms with Crippen molar-refractivity contribution in [3.63, 3.8) is 0 Å². The lowest BCUT2D eigenvalue weighted by Crippen LogP contribution is -2.26. The fraction of sp³-hybridized carbons (Fsp3) is 0.364. The average Bonchev–Trinajstić information content (AvgIpc) is 2.22. The third-order valence-corrected chi connectivity index (χ3v) is 2.54. The Hall–Kier alpha value is -0.930. The second-order valence-corrected chi connectivity index (χ2v) is 4.15. The van der Waals surface area contributed by atoms with Gasteiger partial charge in [-0.2, -0.15) is 0 Å². The molecule has 0 fully saturated rings. The van der Waals surface area contributed by atoms with Crippen LogP contribution < -0.4 is 4.74 Å². The van der Waals surface area contributed by atoms with Crippen molar-refractivity contribution in [2.24, 2.45) is 0 Å². The van der Waals surface area contributed by atoms with Gasteiger partial charge in [0.1, 0.15) is 5.75 Å². The van der Waals surface area contributed by atoms with E-state index >= 15 is 0 Å². The van der Waals surface area contributed by atoms with Crippen LogP contribution in [-0.2, 0) is 4.79 Å². The predicted molar refractivity (Wildman–Crippen MR) is 63.4 cm³/mol. The SMILES string of the molecule is CCCC(Oc1cc(Cl)ccc1Cl)C(=O)O. The molecule has 1 N–H and O–H groups in total. The molecular weight excluding hydrogens is 251 g/mol. The summed E-state index contributed by atoms with van der Waals surface area (Å²) in [6.07, 6.45) is 0.258. The first-order chi connectivity index (χ1) is 7.54. The van der Waals surface area contributed by atoms with Gasteiger partial charge in [-0.3, -0.25) is 0 Å². The van der Waals surface area contributed by atoms with Gasteiger partial charge in [0.25, 0.3) is 0 Å². The van der Waals surface area contributed by atoms with E-state index in [2.05, 4.69) is 0 Å². The Morgan fingerprint density at radius 1 is 1.50 bits per heavy atom. The lowest BCUT2D eigenvalue weighted by molar-refractivity contribution is -0.145. The summed E-state index contributed by atoms with van der Waals surface area (Å²) in [5.74, 6) is -0.701. The summed E-state index contributed by atoms with van der Waals surface area (Å²) in [5, 5.41) is 9.74. The van der Waals surface area contributed by atoms with Gasteiger partial charge in [0.05, 0.1) is 5.02 Å². The molecule has 16 heavy (non-hydrogen) atoms. The van der Waals surface area contributed by atoms with Crippen molar-refractivity contribution < 1.29 is 14.6 Å². The number of carboxylic acids is 1. The summed E-state index contributed by atoms with van der Waals surface area (Å²) in [7, 11) is 0. The molecule has 1 atom stereocenters. The summed E-state index contributed by atoms with van der Waals surface area (Å²) in [4.78, 5) is 10.9. The van der Waals surface area contributed by atoms with E-state index in [-0.39, 0.29) is 0 Å². The number of rotatable bonds is 5. The second-order valence-electron chi connectivity index (χ2n) is 3.31. The van der Waals surface area contributed by atoms with Crippen molar-refractivity contribution in [2.75, 3.05) is 0 Å². The van der Waals surface area contributed by atoms with Crippen molar-refractivity contribution in [1.82, 2.24) is 0 Å². The van der Waals surface area contributed by atoms with Crippen LogP contribution in [0.25, 0.3) is 0 Å². The molecule has 1 rings (SSSR count). The Morgan fingerprint density at radius 2 is 2.19 bits per heavy atom. The Morgan fingerprint density at radius 3 is 2.75 bits per heavy atom. The van der Waals surface area contributed by atoms with E-state index in [0.29, 0.717) is 22.2 Å². The van der Waals surface area contributed by atoms with Gasteiger partial charge in [-0.15, -0.1) is 0 Å². The first-order valence-electron chi connectivity index (χ1n) is 4.89. The smallest absolute Gasteiger partial charge is 0.344 e. The minimum absolute atomic E-state index is 0.301. The van der Waals surface area contributed by atoms with Gasteiger partial charge in [-0.1, -0.05) is 36.5 Å². The van der Waals surface area contributed by atoms with E-state index < -0.39 is 12.1 Å². The minimum atomic E-state index is -1.00. The Labute approximate surface area is 104 Å². The van der Waals surface area contributed by atoms with E-state index in [4.69, 9.17) is 33.0 Å². The maximum absolute atomic E-state index is 10.9. The fourth-order valence-corrected chi connectivity index (χ4v) is 1.54. The van der Waals surface area contributed by atoms with Gasteiger partial charge in [-0.25, -0.2) is 4.79 Å². The number of ether oxygens (including phenoxy) is 1. The largest absolute Gasteiger partial charge is 0.479 e. The molecule has 0 aliphatic rings. The van der Waals surface area contributed by atoms with E-state index in [1.165, 1.54) is 6.07 Å². The zero-order valence-electron chi connectivity index (χ0n) is 8.74. The van der Waals surface area contributed by atoms with Crippen molar-refractivity contribution in [3.8, 4) is 5.75 Å². The third kappa shape index (κ3) is 3.58. The van der Waals surface area contributed by atoms with Crippen LogP contribution >= 0.6 is 23.2 Å². The van der Waals surface area contributed by atoms with Gasteiger partial charge in [-0.05, 0) is 18.6 Å². The van der Waals surface area contributed by atoms with Crippen LogP contribution in [0.3, 0.4) is 0 Å². The van der Waals surface area contributed by atoms with Gasteiger partial charge in [0, 0.05) is 11.1 Å². The van der Waals surface area contributed by atoms with Crippen LogP contribution in [0.15, 0.2) is 18.2 Å². The summed E-state index contributed by atoms with van der Waals surface area (Å²) >= 11 is 11.6. The molecular formula is C11H12Cl2O3. The first kappa shape index (κ1) is 13.1. The quantitative estimate of drug-likeness (QED) is 0.882. The Balaban J connectivity index is 2.84. The van der Waals surface area contributed by atoms with E-state index in [1.807, 2.05) is 6.92 Å². The predicted octanol–water partition coefficient (Wildman–Crippen LogP) is 3.63. The number of aliphatic carboxylic acids is 1.